The smallest absolute Gasteiger partial charge is 0.169 e. The first kappa shape index (κ1) is 19.3. The highest BCUT2D eigenvalue weighted by molar-refractivity contribution is 5.99. The summed E-state index contributed by atoms with van der Waals surface area (Å²) in [5, 5.41) is 0. The first-order valence-corrected chi connectivity index (χ1v) is 11.3. The summed E-state index contributed by atoms with van der Waals surface area (Å²) in [4.78, 5) is 16.5. The van der Waals surface area contributed by atoms with Crippen molar-refractivity contribution in [2.24, 2.45) is 5.92 Å². The van der Waals surface area contributed by atoms with Gasteiger partial charge < -0.3 is 0 Å². The molecular formula is C28H29NO. The predicted octanol–water partition coefficient (Wildman–Crippen LogP) is 6.62. The SMILES string of the molecule is O=C(c1ccccc1)C1[C@@H](c2ccccc2)N(C2CCCCC2)[C@@H]1c1ccccc1. The molecule has 2 aliphatic rings. The third kappa shape index (κ3) is 3.50. The molecule has 152 valence electrons. The van der Waals surface area contributed by atoms with E-state index in [-0.39, 0.29) is 23.8 Å². The summed E-state index contributed by atoms with van der Waals surface area (Å²) in [5.41, 5.74) is 3.36. The van der Waals surface area contributed by atoms with Crippen molar-refractivity contribution in [3.63, 3.8) is 0 Å². The van der Waals surface area contributed by atoms with Crippen molar-refractivity contribution in [3.8, 4) is 0 Å². The van der Waals surface area contributed by atoms with Crippen LogP contribution in [0.3, 0.4) is 0 Å². The Kier molecular flexibility index (Phi) is 5.50. The molecule has 3 aromatic rings. The van der Waals surface area contributed by atoms with Crippen molar-refractivity contribution in [1.29, 1.82) is 0 Å². The number of carbonyl (C=O) groups is 1. The fourth-order valence-corrected chi connectivity index (χ4v) is 5.59. The molecule has 0 N–H and O–H groups in total. The van der Waals surface area contributed by atoms with E-state index in [1.165, 1.54) is 43.2 Å². The predicted molar refractivity (Wildman–Crippen MR) is 121 cm³/mol. The van der Waals surface area contributed by atoms with Crippen molar-refractivity contribution in [3.05, 3.63) is 108 Å². The lowest BCUT2D eigenvalue weighted by Gasteiger charge is -2.59. The maximum atomic E-state index is 13.8. The third-order valence-corrected chi connectivity index (χ3v) is 6.96. The number of carbonyl (C=O) groups excluding carboxylic acids is 1. The first-order chi connectivity index (χ1) is 14.8. The monoisotopic (exact) mass is 395 g/mol. The molecule has 2 heteroatoms. The zero-order chi connectivity index (χ0) is 20.3. The molecule has 1 heterocycles. The summed E-state index contributed by atoms with van der Waals surface area (Å²) in [7, 11) is 0. The van der Waals surface area contributed by atoms with Crippen LogP contribution in [0.15, 0.2) is 91.0 Å². The Morgan fingerprint density at radius 2 is 1.10 bits per heavy atom. The highest BCUT2D eigenvalue weighted by atomic mass is 16.1. The lowest BCUT2D eigenvalue weighted by Crippen LogP contribution is -2.59. The van der Waals surface area contributed by atoms with Crippen LogP contribution < -0.4 is 0 Å². The minimum Gasteiger partial charge on any atom is -0.294 e. The Hall–Kier alpha value is -2.71. The minimum absolute atomic E-state index is 0.0564. The van der Waals surface area contributed by atoms with E-state index in [0.717, 1.165) is 5.56 Å². The van der Waals surface area contributed by atoms with Crippen LogP contribution in [0.25, 0.3) is 0 Å². The van der Waals surface area contributed by atoms with Crippen LogP contribution in [-0.4, -0.2) is 16.7 Å². The molecule has 2 nitrogen and oxygen atoms in total. The highest BCUT2D eigenvalue weighted by Crippen LogP contribution is 2.56. The van der Waals surface area contributed by atoms with Gasteiger partial charge in [-0.05, 0) is 24.0 Å². The van der Waals surface area contributed by atoms with Gasteiger partial charge in [-0.3, -0.25) is 9.69 Å². The Bertz CT molecular complexity index is 916. The Morgan fingerprint density at radius 3 is 1.60 bits per heavy atom. The van der Waals surface area contributed by atoms with Crippen molar-refractivity contribution >= 4 is 5.78 Å². The zero-order valence-corrected chi connectivity index (χ0v) is 17.4. The van der Waals surface area contributed by atoms with Gasteiger partial charge in [0.15, 0.2) is 5.78 Å². The van der Waals surface area contributed by atoms with Crippen LogP contribution in [0.4, 0.5) is 0 Å². The standard InChI is InChI=1S/C28H29NO/c30-28(23-17-9-3-10-18-23)25-26(21-13-5-1-6-14-21)29(24-19-11-4-12-20-24)27(25)22-15-7-2-8-16-22/h1-3,5-10,13-18,24-27H,4,11-12,19-20H2/t26-,27-/m1/s1. The van der Waals surface area contributed by atoms with Crippen LogP contribution in [0.5, 0.6) is 0 Å². The molecule has 1 saturated carbocycles. The first-order valence-electron chi connectivity index (χ1n) is 11.3. The van der Waals surface area contributed by atoms with E-state index in [2.05, 4.69) is 65.6 Å². The molecule has 1 aliphatic heterocycles. The fraction of sp³-hybridized carbons (Fsp3) is 0.321. The summed E-state index contributed by atoms with van der Waals surface area (Å²) in [6, 6.07) is 32.1. The van der Waals surface area contributed by atoms with E-state index in [1.54, 1.807) is 0 Å². The summed E-state index contributed by atoms with van der Waals surface area (Å²) in [5.74, 6) is 0.212. The maximum Gasteiger partial charge on any atom is 0.169 e. The van der Waals surface area contributed by atoms with E-state index in [1.807, 2.05) is 30.3 Å². The molecule has 2 atom stereocenters. The van der Waals surface area contributed by atoms with Crippen LogP contribution in [0, 0.1) is 5.92 Å². The van der Waals surface area contributed by atoms with Gasteiger partial charge in [0, 0.05) is 23.7 Å². The number of hydrogen-bond donors (Lipinski definition) is 0. The van der Waals surface area contributed by atoms with Gasteiger partial charge in [-0.2, -0.15) is 0 Å². The van der Waals surface area contributed by atoms with Gasteiger partial charge in [0.2, 0.25) is 0 Å². The summed E-state index contributed by atoms with van der Waals surface area (Å²) >= 11 is 0. The van der Waals surface area contributed by atoms with E-state index in [4.69, 9.17) is 0 Å². The van der Waals surface area contributed by atoms with E-state index in [0.29, 0.717) is 6.04 Å². The summed E-state index contributed by atoms with van der Waals surface area (Å²) in [6.45, 7) is 0. The van der Waals surface area contributed by atoms with Crippen LogP contribution in [-0.2, 0) is 0 Å². The Morgan fingerprint density at radius 1 is 0.633 bits per heavy atom. The van der Waals surface area contributed by atoms with E-state index < -0.39 is 0 Å². The second kappa shape index (κ2) is 8.57. The Balaban J connectivity index is 1.59. The number of rotatable bonds is 5. The topological polar surface area (TPSA) is 20.3 Å². The van der Waals surface area contributed by atoms with Crippen molar-refractivity contribution in [1.82, 2.24) is 4.90 Å². The van der Waals surface area contributed by atoms with E-state index >= 15 is 0 Å². The number of Topliss-reactive ketones (excluding diaryl/α,β-unsaturated/α-hetero) is 1. The minimum atomic E-state index is -0.0564. The molecule has 2 fully saturated rings. The number of likely N-dealkylation sites (tertiary alicyclic amines) is 1. The number of benzene rings is 3. The average molecular weight is 396 g/mol. The maximum absolute atomic E-state index is 13.8. The Labute approximate surface area is 179 Å². The number of hydrogen-bond acceptors (Lipinski definition) is 2. The van der Waals surface area contributed by atoms with Crippen molar-refractivity contribution in [2.45, 2.75) is 50.2 Å². The molecule has 1 aliphatic carbocycles. The average Bonchev–Trinajstić information content (AvgIpc) is 2.81. The largest absolute Gasteiger partial charge is 0.294 e. The van der Waals surface area contributed by atoms with Gasteiger partial charge in [0.25, 0.3) is 0 Å². The third-order valence-electron chi connectivity index (χ3n) is 6.96. The van der Waals surface area contributed by atoms with Gasteiger partial charge in [-0.1, -0.05) is 110 Å². The molecule has 0 unspecified atom stereocenters. The summed E-state index contributed by atoms with van der Waals surface area (Å²) in [6.07, 6.45) is 6.39. The second-order valence-corrected chi connectivity index (χ2v) is 8.71. The van der Waals surface area contributed by atoms with Crippen LogP contribution >= 0.6 is 0 Å². The fourth-order valence-electron chi connectivity index (χ4n) is 5.59. The van der Waals surface area contributed by atoms with Crippen molar-refractivity contribution < 1.29 is 4.79 Å². The molecular weight excluding hydrogens is 366 g/mol. The van der Waals surface area contributed by atoms with Gasteiger partial charge in [-0.25, -0.2) is 0 Å². The number of nitrogens with zero attached hydrogens (tertiary/aromatic N) is 1. The molecule has 0 bridgehead atoms. The zero-order valence-electron chi connectivity index (χ0n) is 17.4. The molecule has 0 radical (unpaired) electrons. The van der Waals surface area contributed by atoms with Gasteiger partial charge in [0.05, 0.1) is 5.92 Å². The van der Waals surface area contributed by atoms with Crippen LogP contribution in [0.1, 0.15) is 65.7 Å². The highest BCUT2D eigenvalue weighted by Gasteiger charge is 2.55. The second-order valence-electron chi connectivity index (χ2n) is 8.71. The lowest BCUT2D eigenvalue weighted by atomic mass is 9.68. The summed E-state index contributed by atoms with van der Waals surface area (Å²) < 4.78 is 0. The quantitative estimate of drug-likeness (QED) is 0.453. The molecule has 0 amide bonds. The van der Waals surface area contributed by atoms with Crippen molar-refractivity contribution in [2.75, 3.05) is 0 Å². The van der Waals surface area contributed by atoms with E-state index in [9.17, 15) is 4.79 Å². The molecule has 1 saturated heterocycles. The van der Waals surface area contributed by atoms with Gasteiger partial charge in [-0.15, -0.1) is 0 Å². The normalized spacial score (nSPS) is 23.1. The molecule has 30 heavy (non-hydrogen) atoms. The number of ketones is 1. The molecule has 3 aromatic carbocycles. The van der Waals surface area contributed by atoms with Gasteiger partial charge >= 0.3 is 0 Å². The lowest BCUT2D eigenvalue weighted by molar-refractivity contribution is -0.0856. The van der Waals surface area contributed by atoms with Crippen LogP contribution in [0.2, 0.25) is 0 Å². The molecule has 0 aromatic heterocycles. The van der Waals surface area contributed by atoms with Gasteiger partial charge in [0.1, 0.15) is 0 Å². The molecule has 5 rings (SSSR count). The molecule has 0 spiro atoms.